The van der Waals surface area contributed by atoms with Gasteiger partial charge in [-0.2, -0.15) is 20.2 Å². The molecule has 28 heavy (non-hydrogen) atoms. The molecule has 0 saturated carbocycles. The normalized spacial score (nSPS) is 17.2. The number of ether oxygens (including phenoxy) is 2. The molecule has 146 valence electrons. The molecule has 0 unspecified atom stereocenters. The van der Waals surface area contributed by atoms with E-state index in [1.54, 1.807) is 0 Å². The Balaban J connectivity index is 1.66. The monoisotopic (exact) mass is 381 g/mol. The van der Waals surface area contributed by atoms with E-state index in [1.807, 2.05) is 30.3 Å². The summed E-state index contributed by atoms with van der Waals surface area (Å²) in [4.78, 5) is 19.6. The van der Waals surface area contributed by atoms with Crippen LogP contribution in [0, 0.1) is 11.5 Å². The van der Waals surface area contributed by atoms with E-state index in [4.69, 9.17) is 9.47 Å². The lowest BCUT2D eigenvalue weighted by Crippen LogP contribution is -2.40. The van der Waals surface area contributed by atoms with Gasteiger partial charge < -0.3 is 19.3 Å². The van der Waals surface area contributed by atoms with Gasteiger partial charge in [-0.25, -0.2) is 4.90 Å². The van der Waals surface area contributed by atoms with Crippen molar-refractivity contribution in [2.45, 2.75) is 6.54 Å². The first kappa shape index (κ1) is 18.4. The fraction of sp³-hybridized carbons (Fsp3) is 0.474. The summed E-state index contributed by atoms with van der Waals surface area (Å²) in [5, 5.41) is 9.75. The molecule has 2 saturated heterocycles. The van der Waals surface area contributed by atoms with E-state index in [-0.39, 0.29) is 0 Å². The number of nitrogens with zero attached hydrogens (tertiary/aromatic N) is 7. The first-order chi connectivity index (χ1) is 13.8. The molecule has 1 aromatic carbocycles. The number of hydrogen-bond acceptors (Lipinski definition) is 9. The van der Waals surface area contributed by atoms with Gasteiger partial charge in [0.2, 0.25) is 17.8 Å². The molecule has 9 heteroatoms. The van der Waals surface area contributed by atoms with E-state index in [0.717, 1.165) is 31.7 Å². The molecule has 0 N–H and O–H groups in total. The highest BCUT2D eigenvalue weighted by Gasteiger charge is 2.22. The average Bonchev–Trinajstić information content (AvgIpc) is 2.79. The van der Waals surface area contributed by atoms with Crippen LogP contribution in [0.2, 0.25) is 0 Å². The van der Waals surface area contributed by atoms with Crippen LogP contribution in [0.5, 0.6) is 0 Å². The summed E-state index contributed by atoms with van der Waals surface area (Å²) in [6.07, 6.45) is 2.22. The third-order valence-corrected chi connectivity index (χ3v) is 4.73. The van der Waals surface area contributed by atoms with Gasteiger partial charge in [0, 0.05) is 26.2 Å². The number of morpholine rings is 2. The second kappa shape index (κ2) is 8.82. The SMILES string of the molecule is N#CN(Cc1ccccc1)c1nc(N2CCOCC2)nc(N2CCOCC2)n1. The van der Waals surface area contributed by atoms with Crippen molar-refractivity contribution in [1.29, 1.82) is 5.26 Å². The Morgan fingerprint density at radius 3 is 1.89 bits per heavy atom. The molecule has 2 aliphatic heterocycles. The summed E-state index contributed by atoms with van der Waals surface area (Å²) in [7, 11) is 0. The van der Waals surface area contributed by atoms with Crippen LogP contribution < -0.4 is 14.7 Å². The number of nitriles is 1. The number of anilines is 3. The van der Waals surface area contributed by atoms with Crippen LogP contribution in [0.25, 0.3) is 0 Å². The molecular weight excluding hydrogens is 358 g/mol. The van der Waals surface area contributed by atoms with E-state index in [1.165, 1.54) is 4.90 Å². The number of aromatic nitrogens is 3. The maximum Gasteiger partial charge on any atom is 0.245 e. The van der Waals surface area contributed by atoms with Gasteiger partial charge in [-0.15, -0.1) is 0 Å². The van der Waals surface area contributed by atoms with Crippen molar-refractivity contribution >= 4 is 17.8 Å². The maximum atomic E-state index is 9.75. The van der Waals surface area contributed by atoms with E-state index < -0.39 is 0 Å². The van der Waals surface area contributed by atoms with E-state index in [0.29, 0.717) is 50.8 Å². The highest BCUT2D eigenvalue weighted by atomic mass is 16.5. The second-order valence-corrected chi connectivity index (χ2v) is 6.61. The van der Waals surface area contributed by atoms with Gasteiger partial charge in [0.05, 0.1) is 33.0 Å². The fourth-order valence-corrected chi connectivity index (χ4v) is 3.19. The van der Waals surface area contributed by atoms with Crippen molar-refractivity contribution in [1.82, 2.24) is 15.0 Å². The van der Waals surface area contributed by atoms with Crippen molar-refractivity contribution < 1.29 is 9.47 Å². The molecule has 4 rings (SSSR count). The first-order valence-electron chi connectivity index (χ1n) is 9.46. The number of hydrogen-bond donors (Lipinski definition) is 0. The molecule has 0 bridgehead atoms. The largest absolute Gasteiger partial charge is 0.378 e. The van der Waals surface area contributed by atoms with Crippen LogP contribution >= 0.6 is 0 Å². The third-order valence-electron chi connectivity index (χ3n) is 4.73. The van der Waals surface area contributed by atoms with Crippen molar-refractivity contribution in [2.24, 2.45) is 0 Å². The summed E-state index contributed by atoms with van der Waals surface area (Å²) in [6, 6.07) is 9.83. The van der Waals surface area contributed by atoms with Crippen molar-refractivity contribution in [3.63, 3.8) is 0 Å². The van der Waals surface area contributed by atoms with E-state index in [9.17, 15) is 5.26 Å². The van der Waals surface area contributed by atoms with Crippen LogP contribution in [0.15, 0.2) is 30.3 Å². The molecule has 2 aromatic rings. The molecule has 0 amide bonds. The standard InChI is InChI=1S/C19H23N7O2/c20-15-26(14-16-4-2-1-3-5-16)19-22-17(24-6-10-27-11-7-24)21-18(23-19)25-8-12-28-13-9-25/h1-5H,6-14H2. The summed E-state index contributed by atoms with van der Waals surface area (Å²) >= 11 is 0. The highest BCUT2D eigenvalue weighted by molar-refractivity contribution is 5.49. The van der Waals surface area contributed by atoms with Gasteiger partial charge in [0.15, 0.2) is 6.19 Å². The van der Waals surface area contributed by atoms with Crippen molar-refractivity contribution in [2.75, 3.05) is 67.3 Å². The molecule has 0 radical (unpaired) electrons. The van der Waals surface area contributed by atoms with Crippen molar-refractivity contribution in [3.05, 3.63) is 35.9 Å². The van der Waals surface area contributed by atoms with Gasteiger partial charge in [-0.05, 0) is 5.56 Å². The molecule has 0 spiro atoms. The summed E-state index contributed by atoms with van der Waals surface area (Å²) in [6.45, 7) is 5.84. The molecule has 3 heterocycles. The lowest BCUT2D eigenvalue weighted by Gasteiger charge is -2.30. The quantitative estimate of drug-likeness (QED) is 0.556. The Hall–Kier alpha value is -2.96. The van der Waals surface area contributed by atoms with Crippen LogP contribution in [0.1, 0.15) is 5.56 Å². The van der Waals surface area contributed by atoms with Gasteiger partial charge in [-0.1, -0.05) is 30.3 Å². The van der Waals surface area contributed by atoms with Gasteiger partial charge in [0.25, 0.3) is 0 Å². The molecule has 2 aliphatic rings. The minimum Gasteiger partial charge on any atom is -0.378 e. The van der Waals surface area contributed by atoms with Crippen molar-refractivity contribution in [3.8, 4) is 6.19 Å². The fourth-order valence-electron chi connectivity index (χ4n) is 3.19. The van der Waals surface area contributed by atoms with Crippen LogP contribution in [0.3, 0.4) is 0 Å². The van der Waals surface area contributed by atoms with E-state index >= 15 is 0 Å². The summed E-state index contributed by atoms with van der Waals surface area (Å²) < 4.78 is 10.9. The minimum absolute atomic E-state index is 0.365. The smallest absolute Gasteiger partial charge is 0.245 e. The van der Waals surface area contributed by atoms with E-state index in [2.05, 4.69) is 30.9 Å². The third kappa shape index (κ3) is 4.30. The zero-order valence-corrected chi connectivity index (χ0v) is 15.7. The number of rotatable bonds is 5. The average molecular weight is 381 g/mol. The number of benzene rings is 1. The summed E-state index contributed by atoms with van der Waals surface area (Å²) in [5.41, 5.74) is 1.02. The van der Waals surface area contributed by atoms with Crippen LogP contribution in [-0.2, 0) is 16.0 Å². The Kier molecular flexibility index (Phi) is 5.80. The van der Waals surface area contributed by atoms with Crippen LogP contribution in [0.4, 0.5) is 17.8 Å². The molecule has 2 fully saturated rings. The van der Waals surface area contributed by atoms with Gasteiger partial charge >= 0.3 is 0 Å². The Morgan fingerprint density at radius 1 is 0.857 bits per heavy atom. The Labute approximate surface area is 164 Å². The summed E-state index contributed by atoms with van der Waals surface area (Å²) in [5.74, 6) is 1.54. The predicted molar refractivity (Wildman–Crippen MR) is 104 cm³/mol. The highest BCUT2D eigenvalue weighted by Crippen LogP contribution is 2.21. The molecule has 0 atom stereocenters. The van der Waals surface area contributed by atoms with Crippen LogP contribution in [-0.4, -0.2) is 67.6 Å². The zero-order valence-electron chi connectivity index (χ0n) is 15.7. The zero-order chi connectivity index (χ0) is 19.2. The Morgan fingerprint density at radius 2 is 1.39 bits per heavy atom. The van der Waals surface area contributed by atoms with Gasteiger partial charge in [-0.3, -0.25) is 0 Å². The second-order valence-electron chi connectivity index (χ2n) is 6.61. The lowest BCUT2D eigenvalue weighted by atomic mass is 10.2. The lowest BCUT2D eigenvalue weighted by molar-refractivity contribution is 0.121. The molecular formula is C19H23N7O2. The molecule has 0 aliphatic carbocycles. The predicted octanol–water partition coefficient (Wildman–Crippen LogP) is 1.03. The molecule has 1 aromatic heterocycles. The maximum absolute atomic E-state index is 9.75. The van der Waals surface area contributed by atoms with Gasteiger partial charge in [0.1, 0.15) is 0 Å². The Bertz CT molecular complexity index is 779. The minimum atomic E-state index is 0.365. The topological polar surface area (TPSA) is 90.6 Å². The molecule has 9 nitrogen and oxygen atoms in total. The first-order valence-corrected chi connectivity index (χ1v) is 9.46.